The Kier molecular flexibility index (Phi) is 32.9. The number of carbonyl (C=O) groups is 2. The van der Waals surface area contributed by atoms with Gasteiger partial charge >= 0.3 is 19.8 Å². The van der Waals surface area contributed by atoms with E-state index in [9.17, 15) is 19.0 Å². The Bertz CT molecular complexity index is 976. The van der Waals surface area contributed by atoms with Crippen molar-refractivity contribution in [1.82, 2.24) is 0 Å². The van der Waals surface area contributed by atoms with Crippen molar-refractivity contribution in [3.05, 3.63) is 60.8 Å². The second-order valence-corrected chi connectivity index (χ2v) is 13.2. The Labute approximate surface area is 291 Å². The molecule has 276 valence electrons. The van der Waals surface area contributed by atoms with E-state index < -0.39 is 32.5 Å². The number of phosphoric ester groups is 1. The Morgan fingerprint density at radius 1 is 0.646 bits per heavy atom. The second kappa shape index (κ2) is 34.6. The highest BCUT2D eigenvalue weighted by Crippen LogP contribution is 2.43. The molecule has 0 aliphatic carbocycles. The SMILES string of the molecule is CC/C=C/C/C=C/C/C=C/CCCCCCC(=O)OCC(COP(=O)(O)OCCN)OC(=O)CC/C=C/C/C=C/CCCCCCCC. The van der Waals surface area contributed by atoms with Crippen molar-refractivity contribution in [3.63, 3.8) is 0 Å². The summed E-state index contributed by atoms with van der Waals surface area (Å²) in [4.78, 5) is 34.6. The summed E-state index contributed by atoms with van der Waals surface area (Å²) in [7, 11) is -4.39. The van der Waals surface area contributed by atoms with Crippen LogP contribution in [0.2, 0.25) is 0 Å². The van der Waals surface area contributed by atoms with Gasteiger partial charge in [0.05, 0.1) is 13.2 Å². The van der Waals surface area contributed by atoms with Crippen molar-refractivity contribution in [2.75, 3.05) is 26.4 Å². The fraction of sp³-hybridized carbons (Fsp3) is 0.684. The molecule has 0 aromatic carbocycles. The smallest absolute Gasteiger partial charge is 0.462 e. The Morgan fingerprint density at radius 2 is 1.19 bits per heavy atom. The molecule has 2 atom stereocenters. The highest BCUT2D eigenvalue weighted by atomic mass is 31.2. The molecule has 0 aliphatic heterocycles. The molecule has 0 aromatic rings. The lowest BCUT2D eigenvalue weighted by atomic mass is 10.1. The van der Waals surface area contributed by atoms with Gasteiger partial charge in [0.1, 0.15) is 6.61 Å². The second-order valence-electron chi connectivity index (χ2n) is 11.7. The molecule has 0 spiro atoms. The predicted octanol–water partition coefficient (Wildman–Crippen LogP) is 9.77. The van der Waals surface area contributed by atoms with E-state index in [2.05, 4.69) is 62.5 Å². The molecule has 0 fully saturated rings. The summed E-state index contributed by atoms with van der Waals surface area (Å²) in [5.74, 6) is -0.941. The minimum Gasteiger partial charge on any atom is -0.462 e. The lowest BCUT2D eigenvalue weighted by molar-refractivity contribution is -0.161. The topological polar surface area (TPSA) is 134 Å². The molecular weight excluding hydrogens is 629 g/mol. The van der Waals surface area contributed by atoms with Gasteiger partial charge in [-0.1, -0.05) is 120 Å². The molecule has 48 heavy (non-hydrogen) atoms. The van der Waals surface area contributed by atoms with Crippen LogP contribution in [0, 0.1) is 0 Å². The van der Waals surface area contributed by atoms with E-state index in [1.165, 1.54) is 38.5 Å². The van der Waals surface area contributed by atoms with Gasteiger partial charge in [-0.2, -0.15) is 0 Å². The first kappa shape index (κ1) is 45.7. The number of allylic oxidation sites excluding steroid dienone is 10. The van der Waals surface area contributed by atoms with Crippen LogP contribution in [-0.2, 0) is 32.7 Å². The van der Waals surface area contributed by atoms with Crippen LogP contribution in [-0.4, -0.2) is 49.3 Å². The summed E-state index contributed by atoms with van der Waals surface area (Å²) in [5.41, 5.74) is 5.32. The number of unbranched alkanes of at least 4 members (excludes halogenated alkanes) is 10. The summed E-state index contributed by atoms with van der Waals surface area (Å²) >= 11 is 0. The maximum Gasteiger partial charge on any atom is 0.472 e. The first-order chi connectivity index (χ1) is 23.3. The molecule has 9 nitrogen and oxygen atoms in total. The van der Waals surface area contributed by atoms with Gasteiger partial charge in [-0.05, 0) is 64.2 Å². The monoisotopic (exact) mass is 695 g/mol. The lowest BCUT2D eigenvalue weighted by Crippen LogP contribution is -2.29. The van der Waals surface area contributed by atoms with E-state index in [0.717, 1.165) is 57.8 Å². The summed E-state index contributed by atoms with van der Waals surface area (Å²) < 4.78 is 32.5. The number of rotatable bonds is 33. The van der Waals surface area contributed by atoms with Crippen molar-refractivity contribution in [2.45, 2.75) is 142 Å². The molecule has 0 aliphatic rings. The van der Waals surface area contributed by atoms with E-state index in [4.69, 9.17) is 24.3 Å². The summed E-state index contributed by atoms with van der Waals surface area (Å²) in [6, 6.07) is 0. The minimum atomic E-state index is -4.39. The molecule has 0 rings (SSSR count). The predicted molar refractivity (Wildman–Crippen MR) is 196 cm³/mol. The number of nitrogens with two attached hydrogens (primary N) is 1. The standard InChI is InChI=1S/C38H66NO8P/c1-3-5-7-9-11-13-15-17-19-20-22-24-26-28-30-37(40)44-34-36(35-46-48(42,43)45-33-32-39)47-38(41)31-29-27-25-23-21-18-16-14-12-10-8-6-4-2/h5,7,11,13,17-19,21,25,27,36H,3-4,6,8-10,12,14-16,20,22-24,26,28-35,39H2,1-2H3,(H,42,43)/b7-5+,13-11+,19-17+,21-18+,27-25+. The van der Waals surface area contributed by atoms with Crippen LogP contribution >= 0.6 is 7.82 Å². The third kappa shape index (κ3) is 33.6. The van der Waals surface area contributed by atoms with Crippen molar-refractivity contribution < 1.29 is 37.6 Å². The van der Waals surface area contributed by atoms with Gasteiger partial charge in [0, 0.05) is 19.4 Å². The first-order valence-corrected chi connectivity index (χ1v) is 19.8. The largest absolute Gasteiger partial charge is 0.472 e. The number of carbonyl (C=O) groups excluding carboxylic acids is 2. The maximum atomic E-state index is 12.5. The van der Waals surface area contributed by atoms with Gasteiger partial charge in [-0.25, -0.2) is 4.57 Å². The molecular formula is C38H66NO8P. The number of esters is 2. The van der Waals surface area contributed by atoms with Gasteiger partial charge in [-0.3, -0.25) is 18.6 Å². The van der Waals surface area contributed by atoms with Crippen LogP contribution in [0.5, 0.6) is 0 Å². The fourth-order valence-electron chi connectivity index (χ4n) is 4.46. The van der Waals surface area contributed by atoms with Gasteiger partial charge in [0.2, 0.25) is 0 Å². The van der Waals surface area contributed by atoms with Gasteiger partial charge < -0.3 is 20.1 Å². The average Bonchev–Trinajstić information content (AvgIpc) is 3.07. The molecule has 10 heteroatoms. The third-order valence-corrected chi connectivity index (χ3v) is 8.14. The van der Waals surface area contributed by atoms with Crippen LogP contribution in [0.25, 0.3) is 0 Å². The number of ether oxygens (including phenoxy) is 2. The van der Waals surface area contributed by atoms with Crippen LogP contribution in [0.15, 0.2) is 60.8 Å². The minimum absolute atomic E-state index is 0.0398. The normalized spacial score (nSPS) is 14.2. The zero-order valence-electron chi connectivity index (χ0n) is 29.9. The zero-order valence-corrected chi connectivity index (χ0v) is 30.8. The van der Waals surface area contributed by atoms with Crippen molar-refractivity contribution in [3.8, 4) is 0 Å². The molecule has 3 N–H and O–H groups in total. The third-order valence-electron chi connectivity index (χ3n) is 7.15. The van der Waals surface area contributed by atoms with E-state index in [1.807, 2.05) is 12.2 Å². The van der Waals surface area contributed by atoms with Gasteiger partial charge in [0.25, 0.3) is 0 Å². The fourth-order valence-corrected chi connectivity index (χ4v) is 5.23. The summed E-state index contributed by atoms with van der Waals surface area (Å²) in [6.07, 6.45) is 38.4. The molecule has 0 saturated heterocycles. The molecule has 0 saturated carbocycles. The first-order valence-electron chi connectivity index (χ1n) is 18.3. The van der Waals surface area contributed by atoms with Crippen molar-refractivity contribution >= 4 is 19.8 Å². The van der Waals surface area contributed by atoms with Crippen molar-refractivity contribution in [2.24, 2.45) is 5.73 Å². The van der Waals surface area contributed by atoms with Gasteiger partial charge in [0.15, 0.2) is 6.10 Å². The quantitative estimate of drug-likeness (QED) is 0.0298. The van der Waals surface area contributed by atoms with Crippen LogP contribution in [0.4, 0.5) is 0 Å². The maximum absolute atomic E-state index is 12.5. The van der Waals surface area contributed by atoms with Crippen LogP contribution < -0.4 is 5.73 Å². The zero-order chi connectivity index (χ0) is 35.4. The molecule has 0 heterocycles. The summed E-state index contributed by atoms with van der Waals surface area (Å²) in [5, 5.41) is 0. The molecule has 0 bridgehead atoms. The van der Waals surface area contributed by atoms with Crippen LogP contribution in [0.1, 0.15) is 136 Å². The Balaban J connectivity index is 4.38. The Hall–Kier alpha value is -2.29. The van der Waals surface area contributed by atoms with E-state index in [-0.39, 0.29) is 32.6 Å². The van der Waals surface area contributed by atoms with E-state index in [1.54, 1.807) is 0 Å². The van der Waals surface area contributed by atoms with E-state index >= 15 is 0 Å². The van der Waals surface area contributed by atoms with Crippen LogP contribution in [0.3, 0.4) is 0 Å². The van der Waals surface area contributed by atoms with Gasteiger partial charge in [-0.15, -0.1) is 0 Å². The molecule has 2 unspecified atom stereocenters. The molecule has 0 aromatic heterocycles. The Morgan fingerprint density at radius 3 is 1.79 bits per heavy atom. The summed E-state index contributed by atoms with van der Waals surface area (Å²) in [6.45, 7) is 3.48. The highest BCUT2D eigenvalue weighted by molar-refractivity contribution is 7.47. The number of hydrogen-bond donors (Lipinski definition) is 2. The number of hydrogen-bond acceptors (Lipinski definition) is 8. The number of phosphoric acid groups is 1. The average molecular weight is 696 g/mol. The molecule has 0 amide bonds. The highest BCUT2D eigenvalue weighted by Gasteiger charge is 2.25. The van der Waals surface area contributed by atoms with E-state index in [0.29, 0.717) is 12.8 Å². The lowest BCUT2D eigenvalue weighted by Gasteiger charge is -2.19. The molecule has 0 radical (unpaired) electrons. The van der Waals surface area contributed by atoms with Crippen molar-refractivity contribution in [1.29, 1.82) is 0 Å².